The summed E-state index contributed by atoms with van der Waals surface area (Å²) >= 11 is 0.929. The lowest BCUT2D eigenvalue weighted by atomic mass is 10.2. The first-order chi connectivity index (χ1) is 15.8. The second-order valence-corrected chi connectivity index (χ2v) is 10.2. The molecule has 0 atom stereocenters. The van der Waals surface area contributed by atoms with Crippen LogP contribution in [0.2, 0.25) is 0 Å². The molecule has 1 aromatic heterocycles. The third kappa shape index (κ3) is 5.57. The highest BCUT2D eigenvalue weighted by molar-refractivity contribution is 7.99. The summed E-state index contributed by atoms with van der Waals surface area (Å²) in [5, 5.41) is 10.2. The number of piperidine rings is 1. The number of hydrogen-bond donors (Lipinski definition) is 1. The van der Waals surface area contributed by atoms with Crippen LogP contribution in [0.5, 0.6) is 0 Å². The molecule has 3 aromatic rings. The number of sulfonamides is 1. The largest absolute Gasteiger partial charge is 0.411 e. The highest BCUT2D eigenvalue weighted by Gasteiger charge is 2.26. The fraction of sp³-hybridized carbons (Fsp3) is 0.286. The van der Waals surface area contributed by atoms with Crippen molar-refractivity contribution in [2.45, 2.75) is 29.4 Å². The van der Waals surface area contributed by atoms with E-state index in [1.807, 2.05) is 0 Å². The number of amides is 1. The SMILES string of the molecule is O=C(CSc1nnc(-c2cccc(S(=O)(=O)N3CCCCC3)c2)o1)Nc1ccc(F)cc1F. The maximum atomic E-state index is 13.7. The second-order valence-electron chi connectivity index (χ2n) is 7.33. The van der Waals surface area contributed by atoms with Crippen molar-refractivity contribution < 1.29 is 26.4 Å². The van der Waals surface area contributed by atoms with Crippen LogP contribution in [-0.2, 0) is 14.8 Å². The van der Waals surface area contributed by atoms with Gasteiger partial charge in [-0.3, -0.25) is 4.79 Å². The molecule has 4 rings (SSSR count). The van der Waals surface area contributed by atoms with Gasteiger partial charge < -0.3 is 9.73 Å². The lowest BCUT2D eigenvalue weighted by Crippen LogP contribution is -2.35. The van der Waals surface area contributed by atoms with Gasteiger partial charge in [-0.25, -0.2) is 17.2 Å². The topological polar surface area (TPSA) is 105 Å². The Hall–Kier alpha value is -2.83. The van der Waals surface area contributed by atoms with Crippen molar-refractivity contribution in [2.24, 2.45) is 0 Å². The van der Waals surface area contributed by atoms with E-state index < -0.39 is 27.6 Å². The first kappa shape index (κ1) is 23.3. The van der Waals surface area contributed by atoms with Gasteiger partial charge in [-0.15, -0.1) is 10.2 Å². The third-order valence-corrected chi connectivity index (χ3v) is 7.69. The number of nitrogens with one attached hydrogen (secondary N) is 1. The number of rotatable bonds is 7. The van der Waals surface area contributed by atoms with Gasteiger partial charge in [0.25, 0.3) is 5.22 Å². The molecule has 1 aliphatic rings. The van der Waals surface area contributed by atoms with Crippen molar-refractivity contribution in [1.82, 2.24) is 14.5 Å². The van der Waals surface area contributed by atoms with Crippen molar-refractivity contribution in [3.63, 3.8) is 0 Å². The Labute approximate surface area is 193 Å². The van der Waals surface area contributed by atoms with Gasteiger partial charge in [-0.05, 0) is 43.2 Å². The zero-order chi connectivity index (χ0) is 23.4. The lowest BCUT2D eigenvalue weighted by Gasteiger charge is -2.25. The van der Waals surface area contributed by atoms with Gasteiger partial charge in [0.05, 0.1) is 16.3 Å². The minimum absolute atomic E-state index is 0.0871. The highest BCUT2D eigenvalue weighted by atomic mass is 32.2. The average molecular weight is 495 g/mol. The van der Waals surface area contributed by atoms with E-state index in [1.165, 1.54) is 16.4 Å². The van der Waals surface area contributed by atoms with Crippen LogP contribution in [0.4, 0.5) is 14.5 Å². The van der Waals surface area contributed by atoms with Crippen LogP contribution < -0.4 is 5.32 Å². The number of thioether (sulfide) groups is 1. The predicted molar refractivity (Wildman–Crippen MR) is 118 cm³/mol. The molecule has 1 aliphatic heterocycles. The number of aromatic nitrogens is 2. The van der Waals surface area contributed by atoms with Gasteiger partial charge >= 0.3 is 0 Å². The molecule has 1 fully saturated rings. The highest BCUT2D eigenvalue weighted by Crippen LogP contribution is 2.27. The Morgan fingerprint density at radius 3 is 2.64 bits per heavy atom. The van der Waals surface area contributed by atoms with Crippen LogP contribution in [-0.4, -0.2) is 47.7 Å². The molecule has 1 N–H and O–H groups in total. The second kappa shape index (κ2) is 9.98. The zero-order valence-corrected chi connectivity index (χ0v) is 19.0. The summed E-state index contributed by atoms with van der Waals surface area (Å²) in [6, 6.07) is 9.11. The molecule has 1 amide bonds. The Morgan fingerprint density at radius 2 is 1.88 bits per heavy atom. The minimum Gasteiger partial charge on any atom is -0.411 e. The van der Waals surface area contributed by atoms with E-state index in [0.717, 1.165) is 43.2 Å². The van der Waals surface area contributed by atoms with Gasteiger partial charge in [0, 0.05) is 24.7 Å². The molecule has 8 nitrogen and oxygen atoms in total. The molecular formula is C21H20F2N4O4S2. The molecule has 0 spiro atoms. The number of carbonyl (C=O) groups is 1. The van der Waals surface area contributed by atoms with Gasteiger partial charge in [-0.1, -0.05) is 24.2 Å². The van der Waals surface area contributed by atoms with Crippen LogP contribution >= 0.6 is 11.8 Å². The number of hydrogen-bond acceptors (Lipinski definition) is 7. The van der Waals surface area contributed by atoms with Gasteiger partial charge in [0.15, 0.2) is 0 Å². The predicted octanol–water partition coefficient (Wildman–Crippen LogP) is 3.92. The van der Waals surface area contributed by atoms with Crippen molar-refractivity contribution in [1.29, 1.82) is 0 Å². The number of benzene rings is 2. The summed E-state index contributed by atoms with van der Waals surface area (Å²) in [6.07, 6.45) is 2.69. The first-order valence-electron chi connectivity index (χ1n) is 10.1. The van der Waals surface area contributed by atoms with E-state index in [9.17, 15) is 22.0 Å². The molecule has 174 valence electrons. The monoisotopic (exact) mass is 494 g/mol. The number of nitrogens with zero attached hydrogens (tertiary/aromatic N) is 3. The molecule has 0 radical (unpaired) electrons. The summed E-state index contributed by atoms with van der Waals surface area (Å²) in [5.74, 6) is -2.21. The molecule has 0 aliphatic carbocycles. The summed E-state index contributed by atoms with van der Waals surface area (Å²) in [7, 11) is -3.61. The van der Waals surface area contributed by atoms with E-state index in [2.05, 4.69) is 15.5 Å². The molecule has 1 saturated heterocycles. The smallest absolute Gasteiger partial charge is 0.277 e. The van der Waals surface area contributed by atoms with Crippen LogP contribution in [0.1, 0.15) is 19.3 Å². The van der Waals surface area contributed by atoms with Crippen molar-refractivity contribution in [2.75, 3.05) is 24.2 Å². The molecule has 12 heteroatoms. The third-order valence-electron chi connectivity index (χ3n) is 4.97. The number of anilines is 1. The van der Waals surface area contributed by atoms with Crippen molar-refractivity contribution in [3.8, 4) is 11.5 Å². The summed E-state index contributed by atoms with van der Waals surface area (Å²) in [4.78, 5) is 12.2. The first-order valence-corrected chi connectivity index (χ1v) is 12.6. The maximum absolute atomic E-state index is 13.7. The number of halogens is 2. The van der Waals surface area contributed by atoms with E-state index in [1.54, 1.807) is 12.1 Å². The molecule has 0 bridgehead atoms. The Balaban J connectivity index is 1.41. The van der Waals surface area contributed by atoms with E-state index in [0.29, 0.717) is 24.7 Å². The van der Waals surface area contributed by atoms with Gasteiger partial charge in [-0.2, -0.15) is 4.31 Å². The fourth-order valence-electron chi connectivity index (χ4n) is 3.33. The van der Waals surface area contributed by atoms with E-state index in [4.69, 9.17) is 4.42 Å². The number of carbonyl (C=O) groups excluding carboxylic acids is 1. The summed E-state index contributed by atoms with van der Waals surface area (Å²) < 4.78 is 59.5. The Morgan fingerprint density at radius 1 is 1.09 bits per heavy atom. The lowest BCUT2D eigenvalue weighted by molar-refractivity contribution is -0.113. The Kier molecular flexibility index (Phi) is 7.05. The maximum Gasteiger partial charge on any atom is 0.277 e. The molecule has 2 heterocycles. The molecular weight excluding hydrogens is 474 g/mol. The fourth-order valence-corrected chi connectivity index (χ4v) is 5.46. The average Bonchev–Trinajstić information content (AvgIpc) is 3.29. The molecule has 0 unspecified atom stereocenters. The quantitative estimate of drug-likeness (QED) is 0.496. The van der Waals surface area contributed by atoms with E-state index in [-0.39, 0.29) is 27.4 Å². The molecule has 2 aromatic carbocycles. The van der Waals surface area contributed by atoms with Crippen LogP contribution in [0.3, 0.4) is 0 Å². The summed E-state index contributed by atoms with van der Waals surface area (Å²) in [6.45, 7) is 0.996. The molecule has 33 heavy (non-hydrogen) atoms. The molecule has 0 saturated carbocycles. The van der Waals surface area contributed by atoms with Crippen molar-refractivity contribution >= 4 is 33.4 Å². The standard InChI is InChI=1S/C21H20F2N4O4S2/c22-15-7-8-18(17(23)12-15)24-19(28)13-32-21-26-25-20(31-21)14-5-4-6-16(11-14)33(29,30)27-9-2-1-3-10-27/h4-8,11-12H,1-3,9-10,13H2,(H,24,28). The van der Waals surface area contributed by atoms with Crippen LogP contribution in [0.15, 0.2) is 57.0 Å². The summed E-state index contributed by atoms with van der Waals surface area (Å²) in [5.41, 5.74) is 0.296. The Bertz CT molecular complexity index is 1260. The minimum atomic E-state index is -3.61. The van der Waals surface area contributed by atoms with Gasteiger partial charge in [0.1, 0.15) is 11.6 Å². The van der Waals surface area contributed by atoms with Gasteiger partial charge in [0.2, 0.25) is 21.8 Å². The zero-order valence-electron chi connectivity index (χ0n) is 17.3. The van der Waals surface area contributed by atoms with Crippen molar-refractivity contribution in [3.05, 3.63) is 54.1 Å². The normalized spacial score (nSPS) is 14.8. The van der Waals surface area contributed by atoms with E-state index >= 15 is 0 Å². The van der Waals surface area contributed by atoms with Crippen LogP contribution in [0, 0.1) is 11.6 Å². The van der Waals surface area contributed by atoms with Crippen LogP contribution in [0.25, 0.3) is 11.5 Å².